The van der Waals surface area contributed by atoms with Gasteiger partial charge in [-0.3, -0.25) is 4.79 Å². The average Bonchev–Trinajstić information content (AvgIpc) is 3.03. The van der Waals surface area contributed by atoms with Crippen LogP contribution in [-0.4, -0.2) is 21.9 Å². The number of fused-ring (bicyclic) bond motifs is 1. The average molecular weight is 351 g/mol. The molecule has 1 atom stereocenters. The van der Waals surface area contributed by atoms with E-state index in [1.54, 1.807) is 12.3 Å². The van der Waals surface area contributed by atoms with Gasteiger partial charge in [0.2, 0.25) is 11.8 Å². The van der Waals surface area contributed by atoms with Crippen LogP contribution in [0.2, 0.25) is 0 Å². The van der Waals surface area contributed by atoms with E-state index in [-0.39, 0.29) is 11.9 Å². The summed E-state index contributed by atoms with van der Waals surface area (Å²) >= 11 is 0. The van der Waals surface area contributed by atoms with Crippen LogP contribution >= 0.6 is 0 Å². The van der Waals surface area contributed by atoms with Gasteiger partial charge in [-0.2, -0.15) is 0 Å². The van der Waals surface area contributed by atoms with E-state index >= 15 is 0 Å². The van der Waals surface area contributed by atoms with Crippen molar-refractivity contribution in [3.63, 3.8) is 0 Å². The van der Waals surface area contributed by atoms with Crippen LogP contribution in [0, 0.1) is 0 Å². The first-order valence-electron chi connectivity index (χ1n) is 8.52. The van der Waals surface area contributed by atoms with Gasteiger partial charge in [0.05, 0.1) is 0 Å². The van der Waals surface area contributed by atoms with Gasteiger partial charge >= 0.3 is 0 Å². The van der Waals surface area contributed by atoms with Crippen LogP contribution in [0.1, 0.15) is 32.2 Å². The zero-order chi connectivity index (χ0) is 18.5. The van der Waals surface area contributed by atoms with Crippen molar-refractivity contribution in [3.8, 4) is 11.6 Å². The Morgan fingerprint density at radius 3 is 2.88 bits per heavy atom. The van der Waals surface area contributed by atoms with E-state index in [2.05, 4.69) is 15.3 Å². The lowest BCUT2D eigenvalue weighted by Crippen LogP contribution is -2.28. The highest BCUT2D eigenvalue weighted by atomic mass is 16.5. The molecule has 3 rings (SSSR count). The molecule has 2 aromatic heterocycles. The molecule has 2 heterocycles. The molecule has 0 unspecified atom stereocenters. The summed E-state index contributed by atoms with van der Waals surface area (Å²) in [5, 5.41) is 2.79. The lowest BCUT2D eigenvalue weighted by Gasteiger charge is -2.07. The largest absolute Gasteiger partial charge is 0.441 e. The van der Waals surface area contributed by atoms with Crippen LogP contribution in [0.4, 0.5) is 0 Å². The van der Waals surface area contributed by atoms with E-state index in [1.807, 2.05) is 50.3 Å². The zero-order valence-corrected chi connectivity index (χ0v) is 15.0. The van der Waals surface area contributed by atoms with Gasteiger partial charge in [0.1, 0.15) is 11.3 Å². The van der Waals surface area contributed by atoms with Crippen LogP contribution in [0.25, 0.3) is 17.2 Å². The van der Waals surface area contributed by atoms with Crippen molar-refractivity contribution in [2.45, 2.75) is 33.2 Å². The summed E-state index contributed by atoms with van der Waals surface area (Å²) in [6.07, 6.45) is 6.28. The van der Waals surface area contributed by atoms with Crippen LogP contribution in [0.15, 0.2) is 47.0 Å². The Labute approximate surface area is 151 Å². The Bertz CT molecular complexity index is 929. The summed E-state index contributed by atoms with van der Waals surface area (Å²) in [6, 6.07) is 9.19. The molecule has 134 valence electrons. The van der Waals surface area contributed by atoms with Gasteiger partial charge in [-0.15, -0.1) is 0 Å². The van der Waals surface area contributed by atoms with Crippen molar-refractivity contribution in [1.82, 2.24) is 15.3 Å². The minimum Gasteiger partial charge on any atom is -0.441 e. The standard InChI is InChI=1S/C20H21N3O3/c1-4-19-23-17-9-8-16(11-18(17)26-19)25-20-10-7-15(12-21-20)6-5-13(2)22-14(3)24/h5-13H,4H2,1-3H3,(H,22,24)/b6-5+/t13-/m0/s1. The monoisotopic (exact) mass is 351 g/mol. The van der Waals surface area contributed by atoms with Crippen LogP contribution in [0.5, 0.6) is 11.6 Å². The third-order valence-electron chi connectivity index (χ3n) is 3.70. The molecular weight excluding hydrogens is 330 g/mol. The maximum absolute atomic E-state index is 11.0. The van der Waals surface area contributed by atoms with Gasteiger partial charge in [-0.1, -0.05) is 19.1 Å². The second kappa shape index (κ2) is 7.82. The first kappa shape index (κ1) is 17.7. The van der Waals surface area contributed by atoms with Crippen LogP contribution in [0.3, 0.4) is 0 Å². The van der Waals surface area contributed by atoms with Crippen LogP contribution in [-0.2, 0) is 11.2 Å². The summed E-state index contributed by atoms with van der Waals surface area (Å²) < 4.78 is 11.4. The van der Waals surface area contributed by atoms with Gasteiger partial charge in [-0.05, 0) is 30.7 Å². The number of nitrogens with zero attached hydrogens (tertiary/aromatic N) is 2. The fraction of sp³-hybridized carbons (Fsp3) is 0.250. The highest BCUT2D eigenvalue weighted by Gasteiger charge is 2.07. The minimum atomic E-state index is -0.0567. The van der Waals surface area contributed by atoms with Crippen LogP contribution < -0.4 is 10.1 Å². The Kier molecular flexibility index (Phi) is 5.31. The van der Waals surface area contributed by atoms with Crippen molar-refractivity contribution in [2.24, 2.45) is 0 Å². The molecule has 1 N–H and O–H groups in total. The number of hydrogen-bond donors (Lipinski definition) is 1. The number of rotatable bonds is 6. The summed E-state index contributed by atoms with van der Waals surface area (Å²) in [4.78, 5) is 19.7. The molecule has 1 aromatic carbocycles. The molecule has 0 radical (unpaired) electrons. The molecule has 0 saturated carbocycles. The minimum absolute atomic E-state index is 0.0370. The predicted molar refractivity (Wildman–Crippen MR) is 100 cm³/mol. The molecule has 0 aliphatic rings. The first-order valence-corrected chi connectivity index (χ1v) is 8.52. The van der Waals surface area contributed by atoms with E-state index in [0.29, 0.717) is 23.1 Å². The second-order valence-electron chi connectivity index (χ2n) is 5.97. The summed E-state index contributed by atoms with van der Waals surface area (Å²) in [6.45, 7) is 5.41. The molecule has 0 fully saturated rings. The topological polar surface area (TPSA) is 77.2 Å². The smallest absolute Gasteiger partial charge is 0.219 e. The van der Waals surface area contributed by atoms with E-state index in [4.69, 9.17) is 9.15 Å². The molecule has 1 amide bonds. The van der Waals surface area contributed by atoms with Crippen molar-refractivity contribution in [2.75, 3.05) is 0 Å². The normalized spacial score (nSPS) is 12.4. The van der Waals surface area contributed by atoms with Crippen molar-refractivity contribution in [3.05, 3.63) is 54.1 Å². The fourth-order valence-corrected chi connectivity index (χ4v) is 2.46. The van der Waals surface area contributed by atoms with Gasteiger partial charge < -0.3 is 14.5 Å². The lowest BCUT2D eigenvalue weighted by atomic mass is 10.2. The number of carbonyl (C=O) groups excluding carboxylic acids is 1. The number of aryl methyl sites for hydroxylation is 1. The Hall–Kier alpha value is -3.15. The van der Waals surface area contributed by atoms with E-state index in [0.717, 1.165) is 17.5 Å². The highest BCUT2D eigenvalue weighted by molar-refractivity contribution is 5.74. The summed E-state index contributed by atoms with van der Waals surface area (Å²) in [5.41, 5.74) is 2.44. The van der Waals surface area contributed by atoms with Crippen molar-refractivity contribution >= 4 is 23.1 Å². The number of benzene rings is 1. The number of aromatic nitrogens is 2. The molecule has 6 nitrogen and oxygen atoms in total. The lowest BCUT2D eigenvalue weighted by molar-refractivity contribution is -0.119. The Morgan fingerprint density at radius 1 is 1.35 bits per heavy atom. The van der Waals surface area contributed by atoms with Gasteiger partial charge in [0.25, 0.3) is 0 Å². The molecule has 0 bridgehead atoms. The van der Waals surface area contributed by atoms with Gasteiger partial charge in [0.15, 0.2) is 11.5 Å². The molecule has 0 saturated heterocycles. The molecule has 0 aliphatic carbocycles. The summed E-state index contributed by atoms with van der Waals surface area (Å²) in [7, 11) is 0. The number of ether oxygens (including phenoxy) is 1. The molecule has 26 heavy (non-hydrogen) atoms. The number of oxazole rings is 1. The molecule has 0 aliphatic heterocycles. The molecule has 3 aromatic rings. The third kappa shape index (κ3) is 4.47. The number of hydrogen-bond acceptors (Lipinski definition) is 5. The van der Waals surface area contributed by atoms with Crippen molar-refractivity contribution in [1.29, 1.82) is 0 Å². The molecule has 6 heteroatoms. The third-order valence-corrected chi connectivity index (χ3v) is 3.70. The Balaban J connectivity index is 1.67. The quantitative estimate of drug-likeness (QED) is 0.723. The maximum Gasteiger partial charge on any atom is 0.219 e. The van der Waals surface area contributed by atoms with Gasteiger partial charge in [-0.25, -0.2) is 9.97 Å². The SMILES string of the molecule is CCc1nc2ccc(Oc3ccc(/C=C/[C@H](C)NC(C)=O)cn3)cc2o1. The molecule has 0 spiro atoms. The highest BCUT2D eigenvalue weighted by Crippen LogP contribution is 2.25. The molecular formula is C20H21N3O3. The second-order valence-corrected chi connectivity index (χ2v) is 5.97. The number of carbonyl (C=O) groups is 1. The maximum atomic E-state index is 11.0. The predicted octanol–water partition coefficient (Wildman–Crippen LogP) is 4.12. The number of pyridine rings is 1. The van der Waals surface area contributed by atoms with E-state index in [9.17, 15) is 4.79 Å². The zero-order valence-electron chi connectivity index (χ0n) is 15.0. The van der Waals surface area contributed by atoms with Crippen molar-refractivity contribution < 1.29 is 13.9 Å². The fourth-order valence-electron chi connectivity index (χ4n) is 2.46. The van der Waals surface area contributed by atoms with Gasteiger partial charge in [0, 0.05) is 37.7 Å². The van der Waals surface area contributed by atoms with E-state index in [1.165, 1.54) is 6.92 Å². The summed E-state index contributed by atoms with van der Waals surface area (Å²) in [5.74, 6) is 1.79. The van der Waals surface area contributed by atoms with E-state index < -0.39 is 0 Å². The number of nitrogens with one attached hydrogen (secondary N) is 1. The Morgan fingerprint density at radius 2 is 2.19 bits per heavy atom. The number of amides is 1. The first-order chi connectivity index (χ1) is 12.5.